The Hall–Kier alpha value is -1.85. The molecule has 1 aromatic heterocycles. The van der Waals surface area contributed by atoms with Gasteiger partial charge < -0.3 is 21.6 Å². The molecule has 1 aromatic carbocycles. The fraction of sp³-hybridized carbons (Fsp3) is 0.357. The number of aromatic amines is 1. The summed E-state index contributed by atoms with van der Waals surface area (Å²) in [5, 5.41) is 10.9. The zero-order valence-electron chi connectivity index (χ0n) is 10.9. The van der Waals surface area contributed by atoms with Crippen molar-refractivity contribution in [1.29, 1.82) is 0 Å². The summed E-state index contributed by atoms with van der Waals surface area (Å²) in [6.45, 7) is 0.604. The fourth-order valence-electron chi connectivity index (χ4n) is 1.63. The maximum absolute atomic E-state index is 10.1. The lowest BCUT2D eigenvalue weighted by Gasteiger charge is -2.03. The Labute approximate surface area is 112 Å². The van der Waals surface area contributed by atoms with Gasteiger partial charge in [-0.3, -0.25) is 4.79 Å². The van der Waals surface area contributed by atoms with Gasteiger partial charge in [0.15, 0.2) is 0 Å². The number of aromatic nitrogens is 1. The summed E-state index contributed by atoms with van der Waals surface area (Å²) >= 11 is 0. The first-order chi connectivity index (χ1) is 9.15. The molecule has 0 unspecified atom stereocenters. The average Bonchev–Trinajstić information content (AvgIpc) is 2.87. The summed E-state index contributed by atoms with van der Waals surface area (Å²) in [5.74, 6) is -0.933. The largest absolute Gasteiger partial charge is 0.480 e. The van der Waals surface area contributed by atoms with Crippen LogP contribution in [0, 0.1) is 0 Å². The summed E-state index contributed by atoms with van der Waals surface area (Å²) in [7, 11) is 0. The Morgan fingerprint density at radius 1 is 1.21 bits per heavy atom. The van der Waals surface area contributed by atoms with E-state index in [1.54, 1.807) is 0 Å². The molecule has 0 saturated heterocycles. The van der Waals surface area contributed by atoms with Crippen molar-refractivity contribution < 1.29 is 9.90 Å². The topological polar surface area (TPSA) is 105 Å². The third kappa shape index (κ3) is 5.54. The first-order valence-corrected chi connectivity index (χ1v) is 6.35. The van der Waals surface area contributed by atoms with E-state index in [4.69, 9.17) is 16.6 Å². The first kappa shape index (κ1) is 15.2. The molecule has 0 radical (unpaired) electrons. The SMILES string of the molecule is NCCCC[C@H](N)C(=O)O.c1ccc2c[nH]cc2c1. The lowest BCUT2D eigenvalue weighted by Crippen LogP contribution is -2.29. The molecule has 0 bridgehead atoms. The Kier molecular flexibility index (Phi) is 6.63. The van der Waals surface area contributed by atoms with E-state index in [1.807, 2.05) is 24.5 Å². The van der Waals surface area contributed by atoms with Crippen molar-refractivity contribution in [3.05, 3.63) is 36.7 Å². The molecule has 6 N–H and O–H groups in total. The molecule has 19 heavy (non-hydrogen) atoms. The Bertz CT molecular complexity index is 466. The number of nitrogens with one attached hydrogen (secondary N) is 1. The number of benzene rings is 1. The number of rotatable bonds is 5. The summed E-state index contributed by atoms with van der Waals surface area (Å²) in [4.78, 5) is 13.2. The minimum atomic E-state index is -0.933. The molecule has 5 heteroatoms. The molecule has 0 saturated carbocycles. The summed E-state index contributed by atoms with van der Waals surface area (Å²) < 4.78 is 0. The maximum Gasteiger partial charge on any atom is 0.320 e. The van der Waals surface area contributed by atoms with Crippen molar-refractivity contribution in [2.75, 3.05) is 6.54 Å². The zero-order chi connectivity index (χ0) is 14.1. The Balaban J connectivity index is 0.000000190. The number of unbranched alkanes of at least 4 members (excludes halogenated alkanes) is 1. The molecule has 0 aliphatic carbocycles. The number of hydrogen-bond acceptors (Lipinski definition) is 3. The van der Waals surface area contributed by atoms with Crippen LogP contribution in [0.2, 0.25) is 0 Å². The fourth-order valence-corrected chi connectivity index (χ4v) is 1.63. The van der Waals surface area contributed by atoms with Crippen LogP contribution in [0.4, 0.5) is 0 Å². The van der Waals surface area contributed by atoms with Gasteiger partial charge in [0.25, 0.3) is 0 Å². The van der Waals surface area contributed by atoms with Crippen LogP contribution in [0.25, 0.3) is 10.8 Å². The van der Waals surface area contributed by atoms with Gasteiger partial charge in [-0.1, -0.05) is 30.7 Å². The number of aliphatic carboxylic acids is 1. The van der Waals surface area contributed by atoms with Crippen LogP contribution in [0.1, 0.15) is 19.3 Å². The number of nitrogens with two attached hydrogens (primary N) is 2. The molecule has 0 amide bonds. The van der Waals surface area contributed by atoms with Gasteiger partial charge >= 0.3 is 5.97 Å². The Morgan fingerprint density at radius 2 is 1.79 bits per heavy atom. The number of hydrogen-bond donors (Lipinski definition) is 4. The van der Waals surface area contributed by atoms with Gasteiger partial charge in [0.1, 0.15) is 6.04 Å². The first-order valence-electron chi connectivity index (χ1n) is 6.35. The van der Waals surface area contributed by atoms with E-state index in [0.717, 1.165) is 12.8 Å². The van der Waals surface area contributed by atoms with Gasteiger partial charge in [-0.25, -0.2) is 0 Å². The van der Waals surface area contributed by atoms with Crippen LogP contribution in [-0.4, -0.2) is 28.6 Å². The average molecular weight is 263 g/mol. The number of carbonyl (C=O) groups is 1. The number of H-pyrrole nitrogens is 1. The predicted molar refractivity (Wildman–Crippen MR) is 76.8 cm³/mol. The molecule has 2 rings (SSSR count). The number of carboxylic acids is 1. The van der Waals surface area contributed by atoms with Crippen LogP contribution in [0.3, 0.4) is 0 Å². The lowest BCUT2D eigenvalue weighted by atomic mass is 10.1. The van der Waals surface area contributed by atoms with Crippen molar-refractivity contribution in [2.45, 2.75) is 25.3 Å². The summed E-state index contributed by atoms with van der Waals surface area (Å²) in [6, 6.07) is 7.54. The molecule has 0 spiro atoms. The molecule has 104 valence electrons. The standard InChI is InChI=1S/C8H7N.C6H14N2O2/c1-2-4-8-6-9-5-7(8)3-1;7-4-2-1-3-5(8)6(9)10/h1-6,9H;5H,1-4,7-8H2,(H,9,10)/t;5-/m.0/s1. The van der Waals surface area contributed by atoms with Crippen molar-refractivity contribution in [3.63, 3.8) is 0 Å². The minimum absolute atomic E-state index is 0.520. The maximum atomic E-state index is 10.1. The normalized spacial score (nSPS) is 11.7. The van der Waals surface area contributed by atoms with E-state index in [0.29, 0.717) is 13.0 Å². The van der Waals surface area contributed by atoms with Crippen LogP contribution in [0.15, 0.2) is 36.7 Å². The third-order valence-corrected chi connectivity index (χ3v) is 2.76. The molecule has 1 atom stereocenters. The molecule has 1 heterocycles. The highest BCUT2D eigenvalue weighted by Gasteiger charge is 2.09. The second-order valence-electron chi connectivity index (χ2n) is 4.31. The minimum Gasteiger partial charge on any atom is -0.480 e. The molecule has 5 nitrogen and oxygen atoms in total. The van der Waals surface area contributed by atoms with Crippen molar-refractivity contribution >= 4 is 16.7 Å². The zero-order valence-corrected chi connectivity index (χ0v) is 10.9. The molecule has 2 aromatic rings. The van der Waals surface area contributed by atoms with E-state index in [2.05, 4.69) is 17.1 Å². The van der Waals surface area contributed by atoms with Gasteiger partial charge in [0, 0.05) is 12.4 Å². The number of carboxylic acid groups (broad SMARTS) is 1. The van der Waals surface area contributed by atoms with Gasteiger partial charge in [0.2, 0.25) is 0 Å². The van der Waals surface area contributed by atoms with E-state index < -0.39 is 12.0 Å². The third-order valence-electron chi connectivity index (χ3n) is 2.76. The molecular formula is C14H21N3O2. The Morgan fingerprint density at radius 3 is 2.26 bits per heavy atom. The quantitative estimate of drug-likeness (QED) is 0.616. The van der Waals surface area contributed by atoms with Crippen LogP contribution >= 0.6 is 0 Å². The number of fused-ring (bicyclic) bond motifs is 1. The van der Waals surface area contributed by atoms with E-state index in [1.165, 1.54) is 10.8 Å². The lowest BCUT2D eigenvalue weighted by molar-refractivity contribution is -0.138. The molecule has 0 aliphatic heterocycles. The smallest absolute Gasteiger partial charge is 0.320 e. The molecular weight excluding hydrogens is 242 g/mol. The molecule has 0 fully saturated rings. The summed E-state index contributed by atoms with van der Waals surface area (Å²) in [5.41, 5.74) is 10.4. The van der Waals surface area contributed by atoms with Crippen molar-refractivity contribution in [1.82, 2.24) is 4.98 Å². The van der Waals surface area contributed by atoms with Crippen LogP contribution < -0.4 is 11.5 Å². The molecule has 0 aliphatic rings. The van der Waals surface area contributed by atoms with E-state index in [-0.39, 0.29) is 0 Å². The van der Waals surface area contributed by atoms with Crippen molar-refractivity contribution in [3.8, 4) is 0 Å². The highest BCUT2D eigenvalue weighted by molar-refractivity contribution is 5.81. The predicted octanol–water partition coefficient (Wildman–Crippen LogP) is 1.70. The van der Waals surface area contributed by atoms with Gasteiger partial charge in [-0.2, -0.15) is 0 Å². The van der Waals surface area contributed by atoms with Gasteiger partial charge in [-0.15, -0.1) is 0 Å². The summed E-state index contributed by atoms with van der Waals surface area (Å²) in [6.07, 6.45) is 6.15. The van der Waals surface area contributed by atoms with Gasteiger partial charge in [-0.05, 0) is 30.2 Å². The highest BCUT2D eigenvalue weighted by atomic mass is 16.4. The van der Waals surface area contributed by atoms with Crippen molar-refractivity contribution in [2.24, 2.45) is 11.5 Å². The van der Waals surface area contributed by atoms with Crippen LogP contribution in [-0.2, 0) is 4.79 Å². The highest BCUT2D eigenvalue weighted by Crippen LogP contribution is 2.10. The second-order valence-corrected chi connectivity index (χ2v) is 4.31. The van der Waals surface area contributed by atoms with E-state index in [9.17, 15) is 4.79 Å². The van der Waals surface area contributed by atoms with Crippen LogP contribution in [0.5, 0.6) is 0 Å². The van der Waals surface area contributed by atoms with Gasteiger partial charge in [0.05, 0.1) is 0 Å². The van der Waals surface area contributed by atoms with E-state index >= 15 is 0 Å². The monoisotopic (exact) mass is 263 g/mol. The second kappa shape index (κ2) is 8.29.